The molecule has 1 aromatic rings. The quantitative estimate of drug-likeness (QED) is 0.864. The summed E-state index contributed by atoms with van der Waals surface area (Å²) in [6.45, 7) is 4.09. The molecule has 0 aromatic heterocycles. The molecule has 1 aromatic carbocycles. The molecule has 1 saturated carbocycles. The molecular formula is C17H22ClNO3. The number of nitrogens with one attached hydrogen (secondary N) is 1. The maximum Gasteiger partial charge on any atom is 0.340 e. The minimum atomic E-state index is -0.578. The third kappa shape index (κ3) is 4.23. The normalized spacial score (nSPS) is 24.6. The standard InChI is InChI=1S/C17H22ClNO3/c1-11-6-5-9-15(12(11)2)19-16(20)10-22-17(21)13-7-3-4-8-14(13)18/h3-4,7-8,11-12,15H,5-6,9-10H2,1-2H3,(H,19,20)/t11-,12-,15+/m1/s1. The number of benzene rings is 1. The van der Waals surface area contributed by atoms with E-state index in [0.29, 0.717) is 16.9 Å². The molecule has 2 rings (SSSR count). The first-order valence-electron chi connectivity index (χ1n) is 7.70. The third-order valence-electron chi connectivity index (χ3n) is 4.48. The molecule has 1 fully saturated rings. The molecule has 1 N–H and O–H groups in total. The Hall–Kier alpha value is -1.55. The van der Waals surface area contributed by atoms with Gasteiger partial charge in [0.15, 0.2) is 6.61 Å². The first kappa shape index (κ1) is 16.8. The van der Waals surface area contributed by atoms with Gasteiger partial charge in [-0.2, -0.15) is 0 Å². The molecule has 0 bridgehead atoms. The van der Waals surface area contributed by atoms with Crippen molar-refractivity contribution in [1.82, 2.24) is 5.32 Å². The minimum absolute atomic E-state index is 0.162. The van der Waals surface area contributed by atoms with E-state index in [1.807, 2.05) is 0 Å². The molecule has 0 radical (unpaired) electrons. The predicted octanol–water partition coefficient (Wildman–Crippen LogP) is 3.44. The van der Waals surface area contributed by atoms with Crippen LogP contribution in [-0.4, -0.2) is 24.5 Å². The summed E-state index contributed by atoms with van der Waals surface area (Å²) in [6, 6.07) is 6.79. The number of rotatable bonds is 4. The molecule has 120 valence electrons. The maximum absolute atomic E-state index is 12.0. The smallest absolute Gasteiger partial charge is 0.340 e. The number of halogens is 1. The van der Waals surface area contributed by atoms with Crippen LogP contribution in [0.25, 0.3) is 0 Å². The molecule has 5 heteroatoms. The van der Waals surface area contributed by atoms with Crippen LogP contribution >= 0.6 is 11.6 Å². The maximum atomic E-state index is 12.0. The Balaban J connectivity index is 1.83. The predicted molar refractivity (Wildman–Crippen MR) is 85.8 cm³/mol. The summed E-state index contributed by atoms with van der Waals surface area (Å²) >= 11 is 5.92. The van der Waals surface area contributed by atoms with E-state index < -0.39 is 5.97 Å². The van der Waals surface area contributed by atoms with Crippen LogP contribution in [-0.2, 0) is 9.53 Å². The van der Waals surface area contributed by atoms with Gasteiger partial charge in [-0.25, -0.2) is 4.79 Å². The fraction of sp³-hybridized carbons (Fsp3) is 0.529. The van der Waals surface area contributed by atoms with Crippen LogP contribution in [0.4, 0.5) is 0 Å². The van der Waals surface area contributed by atoms with Crippen LogP contribution in [0.3, 0.4) is 0 Å². The van der Waals surface area contributed by atoms with Crippen molar-refractivity contribution in [1.29, 1.82) is 0 Å². The number of carbonyl (C=O) groups excluding carboxylic acids is 2. The first-order valence-corrected chi connectivity index (χ1v) is 8.08. The zero-order valence-corrected chi connectivity index (χ0v) is 13.7. The number of carbonyl (C=O) groups is 2. The van der Waals surface area contributed by atoms with Crippen LogP contribution < -0.4 is 5.32 Å². The summed E-state index contributed by atoms with van der Waals surface area (Å²) < 4.78 is 5.04. The topological polar surface area (TPSA) is 55.4 Å². The second-order valence-corrected chi connectivity index (χ2v) is 6.40. The van der Waals surface area contributed by atoms with Gasteiger partial charge in [-0.1, -0.05) is 50.4 Å². The highest BCUT2D eigenvalue weighted by atomic mass is 35.5. The van der Waals surface area contributed by atoms with Gasteiger partial charge in [-0.3, -0.25) is 4.79 Å². The fourth-order valence-electron chi connectivity index (χ4n) is 2.87. The monoisotopic (exact) mass is 323 g/mol. The van der Waals surface area contributed by atoms with E-state index in [-0.39, 0.29) is 24.1 Å². The minimum Gasteiger partial charge on any atom is -0.452 e. The highest BCUT2D eigenvalue weighted by Crippen LogP contribution is 2.29. The summed E-state index contributed by atoms with van der Waals surface area (Å²) in [5.74, 6) is 0.207. The molecule has 0 spiro atoms. The number of esters is 1. The van der Waals surface area contributed by atoms with E-state index >= 15 is 0 Å². The van der Waals surface area contributed by atoms with E-state index in [4.69, 9.17) is 16.3 Å². The van der Waals surface area contributed by atoms with Crippen molar-refractivity contribution in [2.24, 2.45) is 11.8 Å². The lowest BCUT2D eigenvalue weighted by atomic mass is 9.78. The third-order valence-corrected chi connectivity index (χ3v) is 4.81. The summed E-state index contributed by atoms with van der Waals surface area (Å²) in [7, 11) is 0. The van der Waals surface area contributed by atoms with Gasteiger partial charge >= 0.3 is 5.97 Å². The van der Waals surface area contributed by atoms with Crippen LogP contribution in [0.2, 0.25) is 5.02 Å². The van der Waals surface area contributed by atoms with Crippen LogP contribution in [0, 0.1) is 11.8 Å². The van der Waals surface area contributed by atoms with Gasteiger partial charge in [0.25, 0.3) is 5.91 Å². The van der Waals surface area contributed by atoms with E-state index in [0.717, 1.165) is 12.8 Å². The molecule has 4 nitrogen and oxygen atoms in total. The van der Waals surface area contributed by atoms with Gasteiger partial charge in [0, 0.05) is 6.04 Å². The average molecular weight is 324 g/mol. The molecule has 3 atom stereocenters. The number of hydrogen-bond donors (Lipinski definition) is 1. The van der Waals surface area contributed by atoms with Crippen molar-refractivity contribution >= 4 is 23.5 Å². The summed E-state index contributed by atoms with van der Waals surface area (Å²) in [6.07, 6.45) is 3.31. The van der Waals surface area contributed by atoms with Crippen LogP contribution in [0.5, 0.6) is 0 Å². The van der Waals surface area contributed by atoms with Crippen LogP contribution in [0.15, 0.2) is 24.3 Å². The van der Waals surface area contributed by atoms with E-state index in [1.165, 1.54) is 6.42 Å². The Morgan fingerprint density at radius 3 is 2.73 bits per heavy atom. The van der Waals surface area contributed by atoms with Gasteiger partial charge in [0.2, 0.25) is 0 Å². The lowest BCUT2D eigenvalue weighted by molar-refractivity contribution is -0.125. The number of hydrogen-bond acceptors (Lipinski definition) is 3. The lowest BCUT2D eigenvalue weighted by Gasteiger charge is -2.34. The lowest BCUT2D eigenvalue weighted by Crippen LogP contribution is -2.45. The highest BCUT2D eigenvalue weighted by molar-refractivity contribution is 6.33. The van der Waals surface area contributed by atoms with Gasteiger partial charge in [-0.05, 0) is 30.4 Å². The van der Waals surface area contributed by atoms with E-state index in [2.05, 4.69) is 19.2 Å². The van der Waals surface area contributed by atoms with Crippen molar-refractivity contribution < 1.29 is 14.3 Å². The molecule has 1 aliphatic rings. The second-order valence-electron chi connectivity index (χ2n) is 6.00. The Labute approximate surface area is 136 Å². The largest absolute Gasteiger partial charge is 0.452 e. The zero-order valence-electron chi connectivity index (χ0n) is 13.0. The Morgan fingerprint density at radius 2 is 2.00 bits per heavy atom. The summed E-state index contributed by atoms with van der Waals surface area (Å²) in [5, 5.41) is 3.29. The van der Waals surface area contributed by atoms with Gasteiger partial charge in [0.1, 0.15) is 0 Å². The van der Waals surface area contributed by atoms with Crippen molar-refractivity contribution in [2.75, 3.05) is 6.61 Å². The Kier molecular flexibility index (Phi) is 5.83. The molecule has 22 heavy (non-hydrogen) atoms. The SMILES string of the molecule is C[C@@H]1[C@H](C)CCC[C@@H]1NC(=O)COC(=O)c1ccccc1Cl. The Bertz CT molecular complexity index is 546. The Morgan fingerprint density at radius 1 is 1.27 bits per heavy atom. The molecule has 0 unspecified atom stereocenters. The fourth-order valence-corrected chi connectivity index (χ4v) is 3.08. The molecule has 0 aliphatic heterocycles. The van der Waals surface area contributed by atoms with Crippen LogP contribution in [0.1, 0.15) is 43.5 Å². The molecular weight excluding hydrogens is 302 g/mol. The summed E-state index contributed by atoms with van der Waals surface area (Å²) in [4.78, 5) is 23.9. The molecule has 0 heterocycles. The van der Waals surface area contributed by atoms with Crippen molar-refractivity contribution in [2.45, 2.75) is 39.2 Å². The number of amides is 1. The second kappa shape index (κ2) is 7.63. The first-order chi connectivity index (χ1) is 10.5. The highest BCUT2D eigenvalue weighted by Gasteiger charge is 2.28. The van der Waals surface area contributed by atoms with Gasteiger partial charge < -0.3 is 10.1 Å². The average Bonchev–Trinajstić information content (AvgIpc) is 2.50. The number of ether oxygens (including phenoxy) is 1. The van der Waals surface area contributed by atoms with Crippen molar-refractivity contribution in [3.8, 4) is 0 Å². The molecule has 0 saturated heterocycles. The summed E-state index contributed by atoms with van der Waals surface area (Å²) in [5.41, 5.74) is 0.275. The van der Waals surface area contributed by atoms with Gasteiger partial charge in [0.05, 0.1) is 10.6 Å². The van der Waals surface area contributed by atoms with E-state index in [9.17, 15) is 9.59 Å². The molecule has 1 aliphatic carbocycles. The molecule has 1 amide bonds. The van der Waals surface area contributed by atoms with E-state index in [1.54, 1.807) is 24.3 Å². The van der Waals surface area contributed by atoms with Gasteiger partial charge in [-0.15, -0.1) is 0 Å². The van der Waals surface area contributed by atoms with Crippen molar-refractivity contribution in [3.05, 3.63) is 34.9 Å². The van der Waals surface area contributed by atoms with Crippen molar-refractivity contribution in [3.63, 3.8) is 0 Å². The zero-order chi connectivity index (χ0) is 16.1.